The molecule has 2 aromatic carbocycles. The Morgan fingerprint density at radius 3 is 2.74 bits per heavy atom. The molecular weight excluding hydrogens is 322 g/mol. The van der Waals surface area contributed by atoms with E-state index in [1.165, 1.54) is 24.0 Å². The Bertz CT molecular complexity index is 593. The van der Waals surface area contributed by atoms with Gasteiger partial charge >= 0.3 is 0 Å². The lowest BCUT2D eigenvalue weighted by atomic mass is 10.0. The highest BCUT2D eigenvalue weighted by molar-refractivity contribution is 9.10. The number of anilines is 1. The van der Waals surface area contributed by atoms with E-state index in [0.29, 0.717) is 0 Å². The first-order chi connectivity index (χ1) is 9.24. The number of nitrogens with one attached hydrogen (secondary N) is 1. The zero-order chi connectivity index (χ0) is 13.2. The van der Waals surface area contributed by atoms with E-state index in [9.17, 15) is 0 Å². The van der Waals surface area contributed by atoms with Gasteiger partial charge in [-0.05, 0) is 64.0 Å². The van der Waals surface area contributed by atoms with Crippen LogP contribution in [0.3, 0.4) is 0 Å². The van der Waals surface area contributed by atoms with E-state index in [4.69, 9.17) is 11.6 Å². The summed E-state index contributed by atoms with van der Waals surface area (Å²) in [6, 6.07) is 14.5. The quantitative estimate of drug-likeness (QED) is 0.767. The Morgan fingerprint density at radius 1 is 1.16 bits per heavy atom. The van der Waals surface area contributed by atoms with Crippen LogP contribution >= 0.6 is 27.5 Å². The molecule has 0 bridgehead atoms. The van der Waals surface area contributed by atoms with E-state index >= 15 is 0 Å². The predicted octanol–water partition coefficient (Wildman–Crippen LogP) is 5.59. The fraction of sp³-hybridized carbons (Fsp3) is 0.250. The summed E-state index contributed by atoms with van der Waals surface area (Å²) in [5, 5.41) is 4.21. The van der Waals surface area contributed by atoms with Crippen LogP contribution in [-0.4, -0.2) is 0 Å². The Balaban J connectivity index is 1.77. The van der Waals surface area contributed by atoms with Crippen molar-refractivity contribution in [2.45, 2.75) is 25.3 Å². The summed E-state index contributed by atoms with van der Waals surface area (Å²) in [5.41, 5.74) is 3.92. The second-order valence-corrected chi connectivity index (χ2v) is 6.24. The maximum absolute atomic E-state index is 6.03. The van der Waals surface area contributed by atoms with Gasteiger partial charge in [0.1, 0.15) is 0 Å². The molecule has 0 amide bonds. The molecule has 19 heavy (non-hydrogen) atoms. The second-order valence-electron chi connectivity index (χ2n) is 4.95. The molecule has 0 radical (unpaired) electrons. The van der Waals surface area contributed by atoms with Crippen LogP contribution in [0.1, 0.15) is 29.9 Å². The van der Waals surface area contributed by atoms with Crippen LogP contribution in [0.25, 0.3) is 0 Å². The van der Waals surface area contributed by atoms with Crippen molar-refractivity contribution in [3.63, 3.8) is 0 Å². The van der Waals surface area contributed by atoms with E-state index in [0.717, 1.165) is 27.6 Å². The van der Waals surface area contributed by atoms with Gasteiger partial charge in [-0.15, -0.1) is 0 Å². The summed E-state index contributed by atoms with van der Waals surface area (Å²) < 4.78 is 1.04. The molecule has 0 spiro atoms. The molecule has 0 atom stereocenters. The summed E-state index contributed by atoms with van der Waals surface area (Å²) >= 11 is 9.57. The average molecular weight is 337 g/mol. The molecule has 1 saturated carbocycles. The van der Waals surface area contributed by atoms with Crippen LogP contribution in [0.5, 0.6) is 0 Å². The SMILES string of the molecule is Clc1ccc(Br)c(NCc2ccccc2C2CC2)c1. The van der Waals surface area contributed by atoms with Gasteiger partial charge in [0.25, 0.3) is 0 Å². The van der Waals surface area contributed by atoms with Crippen molar-refractivity contribution in [3.05, 3.63) is 63.1 Å². The lowest BCUT2D eigenvalue weighted by Crippen LogP contribution is -2.02. The summed E-state index contributed by atoms with van der Waals surface area (Å²) in [4.78, 5) is 0. The highest BCUT2D eigenvalue weighted by Gasteiger charge is 2.25. The van der Waals surface area contributed by atoms with E-state index < -0.39 is 0 Å². The first-order valence-corrected chi connectivity index (χ1v) is 7.68. The highest BCUT2D eigenvalue weighted by Crippen LogP contribution is 2.41. The molecule has 0 saturated heterocycles. The average Bonchev–Trinajstić information content (AvgIpc) is 3.25. The van der Waals surface area contributed by atoms with Crippen LogP contribution in [0.4, 0.5) is 5.69 Å². The fourth-order valence-corrected chi connectivity index (χ4v) is 2.87. The number of hydrogen-bond acceptors (Lipinski definition) is 1. The summed E-state index contributed by atoms with van der Waals surface area (Å²) in [6.07, 6.45) is 2.66. The third-order valence-electron chi connectivity index (χ3n) is 3.47. The summed E-state index contributed by atoms with van der Waals surface area (Å²) in [6.45, 7) is 0.839. The third kappa shape index (κ3) is 3.13. The normalized spacial score (nSPS) is 14.4. The fourth-order valence-electron chi connectivity index (χ4n) is 2.31. The van der Waals surface area contributed by atoms with Gasteiger partial charge in [-0.1, -0.05) is 35.9 Å². The van der Waals surface area contributed by atoms with Gasteiger partial charge in [0.05, 0.1) is 5.69 Å². The lowest BCUT2D eigenvalue weighted by molar-refractivity contribution is 1.03. The van der Waals surface area contributed by atoms with E-state index in [1.54, 1.807) is 0 Å². The molecule has 0 aromatic heterocycles. The van der Waals surface area contributed by atoms with Crippen LogP contribution < -0.4 is 5.32 Å². The van der Waals surface area contributed by atoms with Gasteiger partial charge in [0, 0.05) is 16.0 Å². The van der Waals surface area contributed by atoms with Crippen LogP contribution in [0, 0.1) is 0 Å². The van der Waals surface area contributed by atoms with Crippen molar-refractivity contribution < 1.29 is 0 Å². The van der Waals surface area contributed by atoms with Crippen molar-refractivity contribution in [1.82, 2.24) is 0 Å². The first kappa shape index (κ1) is 13.0. The minimum absolute atomic E-state index is 0.751. The number of rotatable bonds is 4. The minimum atomic E-state index is 0.751. The zero-order valence-corrected chi connectivity index (χ0v) is 12.8. The molecule has 0 aliphatic heterocycles. The maximum atomic E-state index is 6.03. The maximum Gasteiger partial charge on any atom is 0.0502 e. The van der Waals surface area contributed by atoms with Crippen molar-refractivity contribution in [2.75, 3.05) is 5.32 Å². The second kappa shape index (κ2) is 5.56. The topological polar surface area (TPSA) is 12.0 Å². The highest BCUT2D eigenvalue weighted by atomic mass is 79.9. The van der Waals surface area contributed by atoms with E-state index in [-0.39, 0.29) is 0 Å². The van der Waals surface area contributed by atoms with Gasteiger partial charge in [-0.2, -0.15) is 0 Å². The van der Waals surface area contributed by atoms with Crippen molar-refractivity contribution in [3.8, 4) is 0 Å². The molecule has 1 aliphatic rings. The molecule has 1 N–H and O–H groups in total. The van der Waals surface area contributed by atoms with Crippen molar-refractivity contribution in [1.29, 1.82) is 0 Å². The predicted molar refractivity (Wildman–Crippen MR) is 84.9 cm³/mol. The monoisotopic (exact) mass is 335 g/mol. The molecule has 98 valence electrons. The number of halogens is 2. The zero-order valence-electron chi connectivity index (χ0n) is 10.5. The summed E-state index contributed by atoms with van der Waals surface area (Å²) in [5.74, 6) is 0.779. The Labute approximate surface area is 127 Å². The van der Waals surface area contributed by atoms with Gasteiger partial charge in [-0.3, -0.25) is 0 Å². The Kier molecular flexibility index (Phi) is 3.81. The van der Waals surface area contributed by atoms with Crippen molar-refractivity contribution in [2.24, 2.45) is 0 Å². The Morgan fingerprint density at radius 2 is 1.95 bits per heavy atom. The first-order valence-electron chi connectivity index (χ1n) is 6.51. The molecule has 0 heterocycles. The van der Waals surface area contributed by atoms with Crippen LogP contribution in [-0.2, 0) is 6.54 Å². The number of benzene rings is 2. The van der Waals surface area contributed by atoms with Gasteiger partial charge in [0.15, 0.2) is 0 Å². The smallest absolute Gasteiger partial charge is 0.0502 e. The standard InChI is InChI=1S/C16H15BrClN/c17-15-8-7-13(18)9-16(15)19-10-12-3-1-2-4-14(12)11-5-6-11/h1-4,7-9,11,19H,5-6,10H2. The molecule has 1 aliphatic carbocycles. The molecule has 0 unspecified atom stereocenters. The lowest BCUT2D eigenvalue weighted by Gasteiger charge is -2.12. The van der Waals surface area contributed by atoms with Crippen LogP contribution in [0.2, 0.25) is 5.02 Å². The van der Waals surface area contributed by atoms with E-state index in [2.05, 4.69) is 45.5 Å². The molecule has 1 nitrogen and oxygen atoms in total. The minimum Gasteiger partial charge on any atom is -0.380 e. The molecule has 2 aromatic rings. The molecular formula is C16H15BrClN. The van der Waals surface area contributed by atoms with Crippen molar-refractivity contribution >= 4 is 33.2 Å². The van der Waals surface area contributed by atoms with Gasteiger partial charge in [-0.25, -0.2) is 0 Å². The number of hydrogen-bond donors (Lipinski definition) is 1. The van der Waals surface area contributed by atoms with Gasteiger partial charge < -0.3 is 5.32 Å². The molecule has 3 rings (SSSR count). The third-order valence-corrected chi connectivity index (χ3v) is 4.40. The van der Waals surface area contributed by atoms with Gasteiger partial charge in [0.2, 0.25) is 0 Å². The molecule has 3 heteroatoms. The largest absolute Gasteiger partial charge is 0.380 e. The molecule has 1 fully saturated rings. The van der Waals surface area contributed by atoms with E-state index in [1.807, 2.05) is 18.2 Å². The Hall–Kier alpha value is -0.990. The van der Waals surface area contributed by atoms with Crippen LogP contribution in [0.15, 0.2) is 46.9 Å². The summed E-state index contributed by atoms with van der Waals surface area (Å²) in [7, 11) is 0.